The fourth-order valence-corrected chi connectivity index (χ4v) is 3.82. The average Bonchev–Trinajstić information content (AvgIpc) is 2.48. The van der Waals surface area contributed by atoms with Crippen LogP contribution in [-0.2, 0) is 5.41 Å². The van der Waals surface area contributed by atoms with E-state index in [1.165, 1.54) is 0 Å². The second-order valence-electron chi connectivity index (χ2n) is 6.84. The van der Waals surface area contributed by atoms with Gasteiger partial charge in [-0.15, -0.1) is 0 Å². The van der Waals surface area contributed by atoms with Gasteiger partial charge in [-0.05, 0) is 35.8 Å². The van der Waals surface area contributed by atoms with Crippen molar-refractivity contribution in [2.75, 3.05) is 7.11 Å². The SMILES string of the molecule is C=C1C(O)=C2C(C)(C=CC(O)C2(C)C)c2cc(OC)ccc21. The Morgan fingerprint density at radius 1 is 1.23 bits per heavy atom. The van der Waals surface area contributed by atoms with Gasteiger partial charge in [0.1, 0.15) is 11.5 Å². The fourth-order valence-electron chi connectivity index (χ4n) is 3.82. The molecule has 2 atom stereocenters. The summed E-state index contributed by atoms with van der Waals surface area (Å²) in [6.07, 6.45) is 3.14. The van der Waals surface area contributed by atoms with Gasteiger partial charge in [-0.2, -0.15) is 0 Å². The first-order valence-electron chi connectivity index (χ1n) is 7.43. The molecule has 1 aromatic rings. The van der Waals surface area contributed by atoms with Gasteiger partial charge in [-0.25, -0.2) is 0 Å². The van der Waals surface area contributed by atoms with Crippen LogP contribution in [0.1, 0.15) is 31.9 Å². The number of hydrogen-bond acceptors (Lipinski definition) is 3. The average molecular weight is 298 g/mol. The van der Waals surface area contributed by atoms with Crippen molar-refractivity contribution in [3.05, 3.63) is 59.4 Å². The van der Waals surface area contributed by atoms with Crippen LogP contribution in [0.25, 0.3) is 5.57 Å². The molecule has 0 bridgehead atoms. The molecule has 0 saturated carbocycles. The molecule has 0 saturated heterocycles. The van der Waals surface area contributed by atoms with Crippen molar-refractivity contribution in [3.63, 3.8) is 0 Å². The lowest BCUT2D eigenvalue weighted by molar-refractivity contribution is 0.0973. The van der Waals surface area contributed by atoms with Crippen molar-refractivity contribution in [2.45, 2.75) is 32.3 Å². The van der Waals surface area contributed by atoms with Gasteiger partial charge in [0.05, 0.1) is 13.2 Å². The van der Waals surface area contributed by atoms with Crippen LogP contribution in [0.4, 0.5) is 0 Å². The third-order valence-electron chi connectivity index (χ3n) is 5.15. The highest BCUT2D eigenvalue weighted by Crippen LogP contribution is 2.55. The Hall–Kier alpha value is -2.00. The number of ether oxygens (including phenoxy) is 1. The number of methoxy groups -OCH3 is 1. The van der Waals surface area contributed by atoms with Crippen LogP contribution >= 0.6 is 0 Å². The second-order valence-corrected chi connectivity index (χ2v) is 6.84. The summed E-state index contributed by atoms with van der Waals surface area (Å²) in [5, 5.41) is 21.1. The van der Waals surface area contributed by atoms with E-state index in [1.807, 2.05) is 44.2 Å². The van der Waals surface area contributed by atoms with Crippen molar-refractivity contribution < 1.29 is 14.9 Å². The number of benzene rings is 1. The smallest absolute Gasteiger partial charge is 0.123 e. The maximum absolute atomic E-state index is 10.8. The van der Waals surface area contributed by atoms with Crippen molar-refractivity contribution in [3.8, 4) is 5.75 Å². The molecule has 0 heterocycles. The van der Waals surface area contributed by atoms with Crippen LogP contribution in [-0.4, -0.2) is 23.4 Å². The van der Waals surface area contributed by atoms with Crippen LogP contribution in [0.2, 0.25) is 0 Å². The minimum Gasteiger partial charge on any atom is -0.507 e. The third-order valence-corrected chi connectivity index (χ3v) is 5.15. The van der Waals surface area contributed by atoms with E-state index in [0.717, 1.165) is 22.4 Å². The number of hydrogen-bond donors (Lipinski definition) is 2. The van der Waals surface area contributed by atoms with Crippen LogP contribution in [0, 0.1) is 5.41 Å². The van der Waals surface area contributed by atoms with Crippen LogP contribution in [0.15, 0.2) is 48.3 Å². The summed E-state index contributed by atoms with van der Waals surface area (Å²) in [4.78, 5) is 0. The molecule has 0 aliphatic heterocycles. The molecule has 3 heteroatoms. The molecule has 0 radical (unpaired) electrons. The zero-order valence-electron chi connectivity index (χ0n) is 13.5. The summed E-state index contributed by atoms with van der Waals surface area (Å²) in [6, 6.07) is 5.80. The normalized spacial score (nSPS) is 29.1. The van der Waals surface area contributed by atoms with Crippen LogP contribution < -0.4 is 4.74 Å². The Morgan fingerprint density at radius 3 is 2.55 bits per heavy atom. The largest absolute Gasteiger partial charge is 0.507 e. The molecule has 0 fully saturated rings. The van der Waals surface area contributed by atoms with Crippen molar-refractivity contribution in [1.82, 2.24) is 0 Å². The van der Waals surface area contributed by atoms with Crippen molar-refractivity contribution in [1.29, 1.82) is 0 Å². The molecule has 3 rings (SSSR count). The van der Waals surface area contributed by atoms with Gasteiger partial charge in [0.25, 0.3) is 0 Å². The van der Waals surface area contributed by atoms with E-state index in [4.69, 9.17) is 4.74 Å². The first-order valence-corrected chi connectivity index (χ1v) is 7.43. The van der Waals surface area contributed by atoms with Crippen molar-refractivity contribution in [2.24, 2.45) is 5.41 Å². The Kier molecular flexibility index (Phi) is 3.05. The molecule has 0 aromatic heterocycles. The van der Waals surface area contributed by atoms with E-state index in [-0.39, 0.29) is 5.76 Å². The molecule has 2 aliphatic carbocycles. The molecule has 0 amide bonds. The van der Waals surface area contributed by atoms with E-state index in [1.54, 1.807) is 7.11 Å². The van der Waals surface area contributed by atoms with Crippen LogP contribution in [0.3, 0.4) is 0 Å². The molecule has 2 unspecified atom stereocenters. The zero-order valence-corrected chi connectivity index (χ0v) is 13.5. The highest BCUT2D eigenvalue weighted by atomic mass is 16.5. The van der Waals surface area contributed by atoms with Crippen molar-refractivity contribution >= 4 is 5.57 Å². The quantitative estimate of drug-likeness (QED) is 0.776. The minimum atomic E-state index is -0.641. The first-order chi connectivity index (χ1) is 10.2. The third kappa shape index (κ3) is 1.72. The number of rotatable bonds is 1. The number of allylic oxidation sites excluding steroid dienone is 2. The van der Waals surface area contributed by atoms with Gasteiger partial charge < -0.3 is 14.9 Å². The Balaban J connectivity index is 2.37. The molecule has 2 aliphatic rings. The predicted molar refractivity (Wildman–Crippen MR) is 88.0 cm³/mol. The minimum absolute atomic E-state index is 0.188. The van der Waals surface area contributed by atoms with Gasteiger partial charge in [0.2, 0.25) is 0 Å². The molecule has 2 N–H and O–H groups in total. The summed E-state index contributed by atoms with van der Waals surface area (Å²) in [5.41, 5.74) is 2.30. The number of aliphatic hydroxyl groups is 2. The maximum atomic E-state index is 10.8. The highest BCUT2D eigenvalue weighted by molar-refractivity contribution is 5.84. The molecule has 1 aromatic carbocycles. The predicted octanol–water partition coefficient (Wildman–Crippen LogP) is 3.75. The van der Waals surface area contributed by atoms with Crippen LogP contribution in [0.5, 0.6) is 5.75 Å². The number of aliphatic hydroxyl groups excluding tert-OH is 2. The monoisotopic (exact) mass is 298 g/mol. The van der Waals surface area contributed by atoms with E-state index in [0.29, 0.717) is 5.57 Å². The fraction of sp³-hybridized carbons (Fsp3) is 0.368. The second kappa shape index (κ2) is 4.50. The van der Waals surface area contributed by atoms with E-state index < -0.39 is 16.9 Å². The van der Waals surface area contributed by atoms with E-state index in [9.17, 15) is 10.2 Å². The molecule has 116 valence electrons. The van der Waals surface area contributed by atoms with Gasteiger partial charge >= 0.3 is 0 Å². The molecular formula is C19H22O3. The molecule has 0 spiro atoms. The molecule has 22 heavy (non-hydrogen) atoms. The molecule has 3 nitrogen and oxygen atoms in total. The summed E-state index contributed by atoms with van der Waals surface area (Å²) >= 11 is 0. The van der Waals surface area contributed by atoms with Gasteiger partial charge in [-0.1, -0.05) is 38.6 Å². The Morgan fingerprint density at radius 2 is 1.91 bits per heavy atom. The topological polar surface area (TPSA) is 49.7 Å². The highest BCUT2D eigenvalue weighted by Gasteiger charge is 2.50. The Bertz CT molecular complexity index is 724. The molecular weight excluding hydrogens is 276 g/mol. The Labute approximate surface area is 131 Å². The van der Waals surface area contributed by atoms with Gasteiger partial charge in [-0.3, -0.25) is 0 Å². The standard InChI is InChI=1S/C19H22O3/c1-11-13-7-6-12(22-5)10-14(13)19(4)9-8-15(20)18(2,3)17(19)16(11)21/h6-10,15,20-21H,1H2,2-5H3. The number of fused-ring (bicyclic) bond motifs is 3. The lowest BCUT2D eigenvalue weighted by Gasteiger charge is -2.48. The van der Waals surface area contributed by atoms with Gasteiger partial charge in [0.15, 0.2) is 0 Å². The van der Waals surface area contributed by atoms with E-state index >= 15 is 0 Å². The zero-order chi connectivity index (χ0) is 16.3. The van der Waals surface area contributed by atoms with Gasteiger partial charge in [0, 0.05) is 16.4 Å². The summed E-state index contributed by atoms with van der Waals surface area (Å²) in [5.74, 6) is 0.958. The maximum Gasteiger partial charge on any atom is 0.123 e. The summed E-state index contributed by atoms with van der Waals surface area (Å²) in [6.45, 7) is 10.0. The summed E-state index contributed by atoms with van der Waals surface area (Å²) < 4.78 is 5.36. The lowest BCUT2D eigenvalue weighted by atomic mass is 9.56. The van der Waals surface area contributed by atoms with E-state index in [2.05, 4.69) is 13.5 Å². The summed E-state index contributed by atoms with van der Waals surface area (Å²) in [7, 11) is 1.64. The lowest BCUT2D eigenvalue weighted by Crippen LogP contribution is -2.45. The first kappa shape index (κ1) is 14.9.